The van der Waals surface area contributed by atoms with Gasteiger partial charge in [-0.2, -0.15) is 0 Å². The van der Waals surface area contributed by atoms with Gasteiger partial charge < -0.3 is 19.7 Å². The number of carbonyl (C=O) groups excluding carboxylic acids is 2. The molecule has 1 saturated carbocycles. The highest BCUT2D eigenvalue weighted by Gasteiger charge is 2.37. The highest BCUT2D eigenvalue weighted by Crippen LogP contribution is 2.41. The minimum Gasteiger partial charge on any atom is -0.497 e. The molecule has 1 N–H and O–H groups in total. The van der Waals surface area contributed by atoms with Gasteiger partial charge in [-0.15, -0.1) is 0 Å². The summed E-state index contributed by atoms with van der Waals surface area (Å²) >= 11 is 0. The van der Waals surface area contributed by atoms with E-state index in [0.717, 1.165) is 53.0 Å². The fraction of sp³-hybridized carbons (Fsp3) is 0.394. The summed E-state index contributed by atoms with van der Waals surface area (Å²) in [5, 5.41) is 2.98. The van der Waals surface area contributed by atoms with Crippen molar-refractivity contribution in [1.29, 1.82) is 0 Å². The van der Waals surface area contributed by atoms with Crippen LogP contribution in [0.4, 0.5) is 10.5 Å². The van der Waals surface area contributed by atoms with Gasteiger partial charge in [0.15, 0.2) is 0 Å². The molecular weight excluding hydrogens is 488 g/mol. The Morgan fingerprint density at radius 2 is 1.67 bits per heavy atom. The summed E-state index contributed by atoms with van der Waals surface area (Å²) < 4.78 is 11.4. The molecule has 0 saturated heterocycles. The molecule has 4 unspecified atom stereocenters. The van der Waals surface area contributed by atoms with Crippen molar-refractivity contribution in [2.45, 2.75) is 58.7 Å². The third-order valence-corrected chi connectivity index (χ3v) is 8.25. The van der Waals surface area contributed by atoms with E-state index < -0.39 is 12.1 Å². The van der Waals surface area contributed by atoms with Crippen LogP contribution in [0.25, 0.3) is 11.1 Å². The number of benzene rings is 3. The van der Waals surface area contributed by atoms with Crippen LogP contribution in [0.15, 0.2) is 72.8 Å². The van der Waals surface area contributed by atoms with E-state index in [-0.39, 0.29) is 12.0 Å². The first-order valence-corrected chi connectivity index (χ1v) is 14.0. The van der Waals surface area contributed by atoms with E-state index >= 15 is 0 Å². The van der Waals surface area contributed by atoms with Crippen molar-refractivity contribution in [3.05, 3.63) is 83.9 Å². The minimum atomic E-state index is -0.877. The van der Waals surface area contributed by atoms with E-state index in [1.807, 2.05) is 72.8 Å². The predicted molar refractivity (Wildman–Crippen MR) is 154 cm³/mol. The molecule has 0 aromatic heterocycles. The number of alkyl carbamates (subject to hydrolysis) is 1. The quantitative estimate of drug-likeness (QED) is 0.371. The number of nitrogens with zero attached hydrogens (tertiary/aromatic N) is 1. The molecule has 204 valence electrons. The number of nitrogens with one attached hydrogen (secondary N) is 1. The number of ether oxygens (including phenoxy) is 2. The molecule has 4 atom stereocenters. The van der Waals surface area contributed by atoms with Crippen molar-refractivity contribution >= 4 is 17.7 Å². The number of methoxy groups -OCH3 is 1. The highest BCUT2D eigenvalue weighted by molar-refractivity contribution is 6.06. The van der Waals surface area contributed by atoms with E-state index in [4.69, 9.17) is 9.47 Å². The first-order chi connectivity index (χ1) is 18.9. The van der Waals surface area contributed by atoms with E-state index in [0.29, 0.717) is 24.3 Å². The van der Waals surface area contributed by atoms with Gasteiger partial charge in [-0.25, -0.2) is 4.79 Å². The maximum absolute atomic E-state index is 14.3. The molecule has 6 heteroatoms. The molecule has 3 aromatic rings. The van der Waals surface area contributed by atoms with Gasteiger partial charge in [0, 0.05) is 5.56 Å². The van der Waals surface area contributed by atoms with E-state index in [2.05, 4.69) is 26.1 Å². The number of anilines is 1. The monoisotopic (exact) mass is 526 g/mol. The molecule has 1 fully saturated rings. The lowest BCUT2D eigenvalue weighted by molar-refractivity contribution is -0.120. The predicted octanol–water partition coefficient (Wildman–Crippen LogP) is 7.14. The lowest BCUT2D eigenvalue weighted by atomic mass is 9.75. The number of rotatable bonds is 6. The molecule has 39 heavy (non-hydrogen) atoms. The van der Waals surface area contributed by atoms with Gasteiger partial charge >= 0.3 is 6.09 Å². The maximum Gasteiger partial charge on any atom is 0.408 e. The molecule has 1 aliphatic heterocycles. The molecule has 5 rings (SSSR count). The average Bonchev–Trinajstić information content (AvgIpc) is 3.03. The van der Waals surface area contributed by atoms with Crippen LogP contribution < -0.4 is 15.0 Å². The lowest BCUT2D eigenvalue weighted by Crippen LogP contribution is -2.44. The molecule has 1 heterocycles. The third kappa shape index (κ3) is 5.65. The zero-order chi connectivity index (χ0) is 27.5. The van der Waals surface area contributed by atoms with Crippen LogP contribution in [0.3, 0.4) is 0 Å². The summed E-state index contributed by atoms with van der Waals surface area (Å²) in [6.07, 6.45) is 2.35. The summed E-state index contributed by atoms with van der Waals surface area (Å²) in [4.78, 5) is 29.5. The van der Waals surface area contributed by atoms with E-state index in [1.54, 1.807) is 12.0 Å². The van der Waals surface area contributed by atoms with E-state index in [9.17, 15) is 9.59 Å². The van der Waals surface area contributed by atoms with Gasteiger partial charge in [0.2, 0.25) is 0 Å². The zero-order valence-electron chi connectivity index (χ0n) is 23.2. The summed E-state index contributed by atoms with van der Waals surface area (Å²) in [6.45, 7) is 6.95. The van der Waals surface area contributed by atoms with Crippen molar-refractivity contribution in [2.75, 3.05) is 12.0 Å². The summed E-state index contributed by atoms with van der Waals surface area (Å²) in [5.41, 5.74) is 4.41. The van der Waals surface area contributed by atoms with Crippen molar-refractivity contribution in [3.8, 4) is 16.9 Å². The normalized spacial score (nSPS) is 22.5. The van der Waals surface area contributed by atoms with Crippen LogP contribution in [0.2, 0.25) is 0 Å². The Kier molecular flexibility index (Phi) is 7.92. The van der Waals surface area contributed by atoms with Gasteiger partial charge in [-0.3, -0.25) is 4.79 Å². The van der Waals surface area contributed by atoms with E-state index in [1.165, 1.54) is 0 Å². The number of amides is 2. The first-order valence-electron chi connectivity index (χ1n) is 14.0. The van der Waals surface area contributed by atoms with Gasteiger partial charge in [0.1, 0.15) is 17.9 Å². The number of para-hydroxylation sites is 1. The SMILES string of the molecule is COc1ccc(CN2C(=O)C(NC(=O)OC3CC(C)CCC3C(C)C)c3ccccc3-c3ccccc32)cc1. The van der Waals surface area contributed by atoms with Crippen molar-refractivity contribution in [3.63, 3.8) is 0 Å². The molecular formula is C33H38N2O4. The Bertz CT molecular complexity index is 1320. The standard InChI is InChI=1S/C33H38N2O4/c1-21(2)25-18-13-22(3)19-30(25)39-33(37)34-31-28-11-6-5-9-26(28)27-10-7-8-12-29(27)35(32(31)36)20-23-14-16-24(38-4)17-15-23/h5-12,14-17,21-22,25,30-31H,13,18-20H2,1-4H3,(H,34,37). The average molecular weight is 527 g/mol. The summed E-state index contributed by atoms with van der Waals surface area (Å²) in [7, 11) is 1.63. The van der Waals surface area contributed by atoms with Crippen LogP contribution in [0.5, 0.6) is 5.75 Å². The number of hydrogen-bond acceptors (Lipinski definition) is 4. The fourth-order valence-corrected chi connectivity index (χ4v) is 6.09. The second kappa shape index (κ2) is 11.5. The Balaban J connectivity index is 1.47. The minimum absolute atomic E-state index is 0.155. The fourth-order valence-electron chi connectivity index (χ4n) is 6.09. The molecule has 1 aliphatic carbocycles. The van der Waals surface area contributed by atoms with Crippen LogP contribution in [-0.4, -0.2) is 25.2 Å². The second-order valence-electron chi connectivity index (χ2n) is 11.2. The Hall–Kier alpha value is -3.80. The number of fused-ring (bicyclic) bond motifs is 3. The molecule has 0 spiro atoms. The van der Waals surface area contributed by atoms with Crippen LogP contribution in [0.1, 0.15) is 57.2 Å². The van der Waals surface area contributed by atoms with Crippen LogP contribution >= 0.6 is 0 Å². The number of carbonyl (C=O) groups is 2. The topological polar surface area (TPSA) is 67.9 Å². The molecule has 0 bridgehead atoms. The zero-order valence-corrected chi connectivity index (χ0v) is 23.2. The molecule has 2 amide bonds. The Labute approximate surface area is 231 Å². The van der Waals surface area contributed by atoms with Gasteiger partial charge in [0.25, 0.3) is 5.91 Å². The molecule has 3 aromatic carbocycles. The Morgan fingerprint density at radius 3 is 2.38 bits per heavy atom. The van der Waals surface area contributed by atoms with Crippen molar-refractivity contribution < 1.29 is 19.1 Å². The van der Waals surface area contributed by atoms with Crippen molar-refractivity contribution in [2.24, 2.45) is 17.8 Å². The molecule has 2 aliphatic rings. The largest absolute Gasteiger partial charge is 0.497 e. The highest BCUT2D eigenvalue weighted by atomic mass is 16.6. The van der Waals surface area contributed by atoms with Gasteiger partial charge in [-0.1, -0.05) is 81.8 Å². The first kappa shape index (κ1) is 26.8. The van der Waals surface area contributed by atoms with Crippen LogP contribution in [0, 0.1) is 17.8 Å². The lowest BCUT2D eigenvalue weighted by Gasteiger charge is -2.37. The Morgan fingerprint density at radius 1 is 0.974 bits per heavy atom. The van der Waals surface area contributed by atoms with Gasteiger partial charge in [-0.05, 0) is 65.5 Å². The van der Waals surface area contributed by atoms with Crippen molar-refractivity contribution in [1.82, 2.24) is 5.32 Å². The molecule has 0 radical (unpaired) electrons. The third-order valence-electron chi connectivity index (χ3n) is 8.25. The van der Waals surface area contributed by atoms with Gasteiger partial charge in [0.05, 0.1) is 19.3 Å². The smallest absolute Gasteiger partial charge is 0.408 e. The van der Waals surface area contributed by atoms with Crippen LogP contribution in [-0.2, 0) is 16.1 Å². The maximum atomic E-state index is 14.3. The number of hydrogen-bond donors (Lipinski definition) is 1. The summed E-state index contributed by atoms with van der Waals surface area (Å²) in [6, 6.07) is 22.5. The second-order valence-corrected chi connectivity index (χ2v) is 11.2. The molecule has 6 nitrogen and oxygen atoms in total. The summed E-state index contributed by atoms with van der Waals surface area (Å²) in [5.74, 6) is 1.81.